The number of methoxy groups -OCH3 is 1. The molecule has 0 saturated carbocycles. The van der Waals surface area contributed by atoms with E-state index < -0.39 is 23.6 Å². The van der Waals surface area contributed by atoms with Crippen molar-refractivity contribution in [1.29, 1.82) is 0 Å². The number of halogens is 3. The van der Waals surface area contributed by atoms with Gasteiger partial charge in [0.1, 0.15) is 41.3 Å². The molecule has 0 spiro atoms. The molecule has 0 amide bonds. The second-order valence-electron chi connectivity index (χ2n) is 8.64. The summed E-state index contributed by atoms with van der Waals surface area (Å²) in [7, 11) is 1.22. The van der Waals surface area contributed by atoms with Crippen molar-refractivity contribution in [2.45, 2.75) is 19.4 Å². The minimum atomic E-state index is -1.07. The molecule has 3 heterocycles. The van der Waals surface area contributed by atoms with E-state index in [0.717, 1.165) is 0 Å². The highest BCUT2D eigenvalue weighted by atomic mass is 35.5. The number of ether oxygens (including phenoxy) is 1. The van der Waals surface area contributed by atoms with Crippen LogP contribution in [-0.4, -0.2) is 39.2 Å². The van der Waals surface area contributed by atoms with Crippen molar-refractivity contribution in [2.24, 2.45) is 0 Å². The molecule has 2 N–H and O–H groups in total. The monoisotopic (exact) mass is 550 g/mol. The van der Waals surface area contributed by atoms with Gasteiger partial charge >= 0.3 is 5.97 Å². The Morgan fingerprint density at radius 2 is 1.90 bits per heavy atom. The van der Waals surface area contributed by atoms with Crippen LogP contribution in [0.4, 0.5) is 14.6 Å². The van der Waals surface area contributed by atoms with E-state index in [1.165, 1.54) is 50.0 Å². The van der Waals surface area contributed by atoms with Crippen LogP contribution in [0.2, 0.25) is 5.02 Å². The summed E-state index contributed by atoms with van der Waals surface area (Å²) in [6.45, 7) is 1.72. The number of carbonyl (C=O) groups excluding carboxylic acids is 1. The van der Waals surface area contributed by atoms with Gasteiger partial charge in [0.25, 0.3) is 0 Å². The molecule has 0 radical (unpaired) electrons. The third-order valence-electron chi connectivity index (χ3n) is 6.26. The zero-order valence-electron chi connectivity index (χ0n) is 20.7. The number of nitrogens with zero attached hydrogens (tertiary/aromatic N) is 3. The van der Waals surface area contributed by atoms with Crippen LogP contribution in [-0.2, 0) is 16.0 Å². The molecular formula is C28H21ClF2N4O4. The first-order valence-corrected chi connectivity index (χ1v) is 12.1. The van der Waals surface area contributed by atoms with Crippen LogP contribution in [0.1, 0.15) is 11.3 Å². The van der Waals surface area contributed by atoms with Crippen molar-refractivity contribution in [3.8, 4) is 28.2 Å². The van der Waals surface area contributed by atoms with Gasteiger partial charge < -0.3 is 19.6 Å². The molecule has 0 aliphatic carbocycles. The van der Waals surface area contributed by atoms with Crippen LogP contribution in [0.3, 0.4) is 0 Å². The molecule has 0 saturated heterocycles. The molecule has 8 nitrogen and oxygen atoms in total. The van der Waals surface area contributed by atoms with Crippen LogP contribution in [0, 0.1) is 18.6 Å². The van der Waals surface area contributed by atoms with Gasteiger partial charge in [-0.25, -0.2) is 23.5 Å². The van der Waals surface area contributed by atoms with Crippen LogP contribution in [0.25, 0.3) is 33.6 Å². The number of carbonyl (C=O) groups is 1. The van der Waals surface area contributed by atoms with E-state index in [0.29, 0.717) is 33.4 Å². The molecule has 5 rings (SSSR count). The Kier molecular flexibility index (Phi) is 7.12. The lowest BCUT2D eigenvalue weighted by molar-refractivity contribution is -0.141. The van der Waals surface area contributed by atoms with Gasteiger partial charge in [0.2, 0.25) is 5.71 Å². The van der Waals surface area contributed by atoms with Crippen LogP contribution < -0.4 is 5.32 Å². The molecule has 0 aliphatic heterocycles. The number of anilines is 1. The number of hydrogen-bond donors (Lipinski definition) is 2. The Bertz CT molecular complexity index is 1690. The van der Waals surface area contributed by atoms with E-state index in [2.05, 4.69) is 20.3 Å². The summed E-state index contributed by atoms with van der Waals surface area (Å²) < 4.78 is 39.2. The first-order chi connectivity index (χ1) is 18.8. The summed E-state index contributed by atoms with van der Waals surface area (Å²) in [6, 6.07) is 10.4. The zero-order valence-corrected chi connectivity index (χ0v) is 21.5. The number of furan rings is 1. The number of phenolic OH excluding ortho intramolecular Hbond substituents is 1. The Labute approximate surface area is 226 Å². The van der Waals surface area contributed by atoms with E-state index in [9.17, 15) is 18.7 Å². The summed E-state index contributed by atoms with van der Waals surface area (Å²) in [4.78, 5) is 25.4. The fourth-order valence-corrected chi connectivity index (χ4v) is 4.47. The molecule has 0 bridgehead atoms. The number of fused-ring (bicyclic) bond motifs is 1. The van der Waals surface area contributed by atoms with Gasteiger partial charge in [-0.15, -0.1) is 0 Å². The van der Waals surface area contributed by atoms with E-state index >= 15 is 0 Å². The summed E-state index contributed by atoms with van der Waals surface area (Å²) in [5.74, 6) is -1.24. The molecule has 1 atom stereocenters. The van der Waals surface area contributed by atoms with Gasteiger partial charge in [-0.1, -0.05) is 17.7 Å². The van der Waals surface area contributed by atoms with Crippen molar-refractivity contribution in [3.05, 3.63) is 89.0 Å². The number of rotatable bonds is 7. The van der Waals surface area contributed by atoms with Crippen molar-refractivity contribution < 1.29 is 27.8 Å². The highest BCUT2D eigenvalue weighted by Crippen LogP contribution is 2.46. The Balaban J connectivity index is 1.72. The molecule has 5 aromatic rings. The number of hydrogen-bond acceptors (Lipinski definition) is 8. The van der Waals surface area contributed by atoms with Gasteiger partial charge in [-0.3, -0.25) is 4.98 Å². The van der Waals surface area contributed by atoms with Crippen molar-refractivity contribution in [2.75, 3.05) is 12.4 Å². The number of aromatic nitrogens is 3. The van der Waals surface area contributed by atoms with Crippen molar-refractivity contribution >= 4 is 34.5 Å². The second kappa shape index (κ2) is 10.7. The van der Waals surface area contributed by atoms with E-state index in [-0.39, 0.29) is 34.4 Å². The standard InChI is InChI=1S/C28H21ClF2N4O4/c1-14-17(9-10-21(36)24(14)29)22-23-26(35-20(28(37)38-2)12-19-18(31)4-3-11-32-19)33-13-34-27(23)39-25(22)15-5-7-16(30)8-6-15/h3-11,13,20,36H,12H2,1-2H3,(H,33,34,35). The lowest BCUT2D eigenvalue weighted by atomic mass is 9.95. The van der Waals surface area contributed by atoms with Crippen molar-refractivity contribution in [3.63, 3.8) is 0 Å². The number of nitrogens with one attached hydrogen (secondary N) is 1. The number of esters is 1. The first kappa shape index (κ1) is 26.1. The minimum Gasteiger partial charge on any atom is -0.506 e. The van der Waals surface area contributed by atoms with Crippen LogP contribution in [0.15, 0.2) is 65.5 Å². The fraction of sp³-hybridized carbons (Fsp3) is 0.143. The maximum Gasteiger partial charge on any atom is 0.328 e. The van der Waals surface area contributed by atoms with E-state index in [1.54, 1.807) is 25.1 Å². The van der Waals surface area contributed by atoms with Gasteiger partial charge in [-0.2, -0.15) is 0 Å². The third kappa shape index (κ3) is 4.98. The van der Waals surface area contributed by atoms with Gasteiger partial charge in [0.05, 0.1) is 23.2 Å². The third-order valence-corrected chi connectivity index (χ3v) is 6.74. The highest BCUT2D eigenvalue weighted by Gasteiger charge is 2.28. The quantitative estimate of drug-likeness (QED) is 0.234. The fourth-order valence-electron chi connectivity index (χ4n) is 4.31. The molecule has 3 aromatic heterocycles. The molecular weight excluding hydrogens is 530 g/mol. The zero-order chi connectivity index (χ0) is 27.7. The molecule has 39 heavy (non-hydrogen) atoms. The Morgan fingerprint density at radius 1 is 1.13 bits per heavy atom. The number of aromatic hydroxyl groups is 1. The van der Waals surface area contributed by atoms with Gasteiger partial charge in [0, 0.05) is 23.7 Å². The average molecular weight is 551 g/mol. The average Bonchev–Trinajstić information content (AvgIpc) is 3.33. The first-order valence-electron chi connectivity index (χ1n) is 11.7. The summed E-state index contributed by atoms with van der Waals surface area (Å²) in [5.41, 5.74) is 2.38. The topological polar surface area (TPSA) is 110 Å². The molecule has 0 fully saturated rings. The lowest BCUT2D eigenvalue weighted by Crippen LogP contribution is -2.34. The highest BCUT2D eigenvalue weighted by molar-refractivity contribution is 6.33. The minimum absolute atomic E-state index is 0.0614. The Hall–Kier alpha value is -4.57. The predicted octanol–water partition coefficient (Wildman–Crippen LogP) is 6.09. The summed E-state index contributed by atoms with van der Waals surface area (Å²) in [6.07, 6.45) is 2.54. The lowest BCUT2D eigenvalue weighted by Gasteiger charge is -2.18. The summed E-state index contributed by atoms with van der Waals surface area (Å²) in [5, 5.41) is 13.7. The van der Waals surface area contributed by atoms with E-state index in [1.807, 2.05) is 0 Å². The molecule has 198 valence electrons. The van der Waals surface area contributed by atoms with Crippen molar-refractivity contribution in [1.82, 2.24) is 15.0 Å². The Morgan fingerprint density at radius 3 is 2.62 bits per heavy atom. The number of benzene rings is 2. The second-order valence-corrected chi connectivity index (χ2v) is 9.02. The number of pyridine rings is 1. The molecule has 1 unspecified atom stereocenters. The molecule has 0 aliphatic rings. The summed E-state index contributed by atoms with van der Waals surface area (Å²) >= 11 is 6.38. The van der Waals surface area contributed by atoms with Crippen LogP contribution >= 0.6 is 11.6 Å². The smallest absolute Gasteiger partial charge is 0.328 e. The molecule has 11 heteroatoms. The maximum atomic E-state index is 14.4. The predicted molar refractivity (Wildman–Crippen MR) is 141 cm³/mol. The number of phenols is 1. The van der Waals surface area contributed by atoms with Crippen LogP contribution in [0.5, 0.6) is 5.75 Å². The van der Waals surface area contributed by atoms with E-state index in [4.69, 9.17) is 20.8 Å². The normalized spacial score (nSPS) is 11.9. The maximum absolute atomic E-state index is 14.4. The van der Waals surface area contributed by atoms with Gasteiger partial charge in [-0.05, 0) is 60.5 Å². The molecule has 2 aromatic carbocycles. The van der Waals surface area contributed by atoms with Gasteiger partial charge in [0.15, 0.2) is 0 Å². The SMILES string of the molecule is COC(=O)C(Cc1ncccc1F)Nc1ncnc2oc(-c3ccc(F)cc3)c(-c3ccc(O)c(Cl)c3C)c12. The largest absolute Gasteiger partial charge is 0.506 e.